The van der Waals surface area contributed by atoms with E-state index in [4.69, 9.17) is 50.7 Å². The number of aromatic nitrogens is 2. The van der Waals surface area contributed by atoms with E-state index in [1.807, 2.05) is 0 Å². The SMILES string of the molecule is Cc1nnc(Oc2cc(Cl)c(Cl)cc2Cl)c(C(=N)N)c1C. The summed E-state index contributed by atoms with van der Waals surface area (Å²) in [6.45, 7) is 3.55. The second kappa shape index (κ2) is 6.05. The van der Waals surface area contributed by atoms with Crippen LogP contribution in [0.1, 0.15) is 16.8 Å². The molecule has 21 heavy (non-hydrogen) atoms. The number of hydrogen-bond acceptors (Lipinski definition) is 4. The lowest BCUT2D eigenvalue weighted by molar-refractivity contribution is 0.452. The number of halogens is 3. The molecular formula is C13H11Cl3N4O. The highest BCUT2D eigenvalue weighted by Crippen LogP contribution is 2.36. The zero-order chi connectivity index (χ0) is 15.7. The molecular weight excluding hydrogens is 335 g/mol. The van der Waals surface area contributed by atoms with Gasteiger partial charge in [-0.1, -0.05) is 34.8 Å². The number of benzene rings is 1. The van der Waals surface area contributed by atoms with Gasteiger partial charge in [0.25, 0.3) is 0 Å². The predicted molar refractivity (Wildman–Crippen MR) is 84.1 cm³/mol. The topological polar surface area (TPSA) is 84.9 Å². The quantitative estimate of drug-likeness (QED) is 0.497. The molecule has 110 valence electrons. The van der Waals surface area contributed by atoms with E-state index in [1.54, 1.807) is 13.8 Å². The third-order valence-electron chi connectivity index (χ3n) is 2.87. The Morgan fingerprint density at radius 3 is 2.33 bits per heavy atom. The molecule has 0 atom stereocenters. The Labute approximate surface area is 136 Å². The van der Waals surface area contributed by atoms with Gasteiger partial charge in [-0.2, -0.15) is 5.10 Å². The lowest BCUT2D eigenvalue weighted by Crippen LogP contribution is -2.16. The lowest BCUT2D eigenvalue weighted by atomic mass is 10.1. The average Bonchev–Trinajstić information content (AvgIpc) is 2.40. The number of ether oxygens (including phenoxy) is 1. The molecule has 8 heteroatoms. The van der Waals surface area contributed by atoms with Crippen molar-refractivity contribution >= 4 is 40.6 Å². The van der Waals surface area contributed by atoms with Gasteiger partial charge in [0.2, 0.25) is 5.88 Å². The molecule has 0 aliphatic rings. The minimum atomic E-state index is -0.170. The predicted octanol–water partition coefficient (Wildman–Crippen LogP) is 4.13. The molecule has 3 N–H and O–H groups in total. The summed E-state index contributed by atoms with van der Waals surface area (Å²) in [5.41, 5.74) is 7.32. The molecule has 1 aromatic heterocycles. The van der Waals surface area contributed by atoms with Crippen LogP contribution in [-0.2, 0) is 0 Å². The molecule has 1 heterocycles. The minimum absolute atomic E-state index is 0.0888. The summed E-state index contributed by atoms with van der Waals surface area (Å²) in [5, 5.41) is 16.4. The van der Waals surface area contributed by atoms with Crippen LogP contribution in [-0.4, -0.2) is 16.0 Å². The van der Waals surface area contributed by atoms with Gasteiger partial charge in [-0.25, -0.2) is 0 Å². The van der Waals surface area contributed by atoms with Crippen molar-refractivity contribution in [3.8, 4) is 11.6 Å². The Hall–Kier alpha value is -1.56. The summed E-state index contributed by atoms with van der Waals surface area (Å²) in [6, 6.07) is 2.93. The van der Waals surface area contributed by atoms with Gasteiger partial charge in [0.05, 0.1) is 26.3 Å². The molecule has 0 radical (unpaired) electrons. The van der Waals surface area contributed by atoms with E-state index in [2.05, 4.69) is 10.2 Å². The number of nitrogens with one attached hydrogen (secondary N) is 1. The summed E-state index contributed by atoms with van der Waals surface area (Å²) in [4.78, 5) is 0. The number of rotatable bonds is 3. The van der Waals surface area contributed by atoms with Gasteiger partial charge < -0.3 is 10.5 Å². The second-order valence-electron chi connectivity index (χ2n) is 4.30. The van der Waals surface area contributed by atoms with Gasteiger partial charge in [-0.15, -0.1) is 5.10 Å². The molecule has 0 saturated carbocycles. The molecule has 0 bridgehead atoms. The first-order chi connectivity index (χ1) is 9.81. The van der Waals surface area contributed by atoms with Crippen LogP contribution in [0.15, 0.2) is 12.1 Å². The van der Waals surface area contributed by atoms with Crippen LogP contribution in [0.5, 0.6) is 11.6 Å². The maximum absolute atomic E-state index is 7.66. The summed E-state index contributed by atoms with van der Waals surface area (Å²) in [5.74, 6) is 0.175. The van der Waals surface area contributed by atoms with Crippen molar-refractivity contribution in [3.63, 3.8) is 0 Å². The van der Waals surface area contributed by atoms with E-state index in [0.29, 0.717) is 21.8 Å². The molecule has 2 rings (SSSR count). The Kier molecular flexibility index (Phi) is 4.56. The fourth-order valence-corrected chi connectivity index (χ4v) is 2.24. The van der Waals surface area contributed by atoms with Crippen LogP contribution in [0.25, 0.3) is 0 Å². The number of nitrogens with zero attached hydrogens (tertiary/aromatic N) is 2. The first kappa shape index (κ1) is 15.8. The minimum Gasteiger partial charge on any atom is -0.435 e. The molecule has 5 nitrogen and oxygen atoms in total. The van der Waals surface area contributed by atoms with Gasteiger partial charge in [0, 0.05) is 6.07 Å². The number of nitrogens with two attached hydrogens (primary N) is 1. The summed E-state index contributed by atoms with van der Waals surface area (Å²) in [6.07, 6.45) is 0. The van der Waals surface area contributed by atoms with E-state index in [1.165, 1.54) is 12.1 Å². The molecule has 0 unspecified atom stereocenters. The first-order valence-corrected chi connectivity index (χ1v) is 6.95. The Bertz CT molecular complexity index is 734. The Balaban J connectivity index is 2.52. The summed E-state index contributed by atoms with van der Waals surface area (Å²) < 4.78 is 5.60. The van der Waals surface area contributed by atoms with E-state index in [0.717, 1.165) is 0 Å². The van der Waals surface area contributed by atoms with Gasteiger partial charge in [0.1, 0.15) is 11.6 Å². The highest BCUT2D eigenvalue weighted by atomic mass is 35.5. The standard InChI is InChI=1S/C13H11Cl3N4O/c1-5-6(2)19-20-13(11(5)12(17)18)21-10-4-8(15)7(14)3-9(10)16/h3-4H,1-2H3,(H3,17,18). The van der Waals surface area contributed by atoms with Gasteiger partial charge in [-0.3, -0.25) is 5.41 Å². The molecule has 0 saturated heterocycles. The zero-order valence-electron chi connectivity index (χ0n) is 11.2. The fourth-order valence-electron chi connectivity index (χ4n) is 1.66. The van der Waals surface area contributed by atoms with E-state index in [-0.39, 0.29) is 27.5 Å². The van der Waals surface area contributed by atoms with Crippen molar-refractivity contribution < 1.29 is 4.74 Å². The van der Waals surface area contributed by atoms with Crippen LogP contribution in [0.2, 0.25) is 15.1 Å². The van der Waals surface area contributed by atoms with Crippen molar-refractivity contribution in [3.05, 3.63) is 44.0 Å². The molecule has 0 aliphatic heterocycles. The smallest absolute Gasteiger partial charge is 0.250 e. The monoisotopic (exact) mass is 344 g/mol. The van der Waals surface area contributed by atoms with Crippen molar-refractivity contribution in [1.29, 1.82) is 5.41 Å². The molecule has 2 aromatic rings. The molecule has 0 fully saturated rings. The van der Waals surface area contributed by atoms with Crippen LogP contribution in [0.4, 0.5) is 0 Å². The number of hydrogen-bond donors (Lipinski definition) is 2. The first-order valence-electron chi connectivity index (χ1n) is 5.82. The molecule has 0 aliphatic carbocycles. The molecule has 1 aromatic carbocycles. The number of amidine groups is 1. The largest absolute Gasteiger partial charge is 0.435 e. The fraction of sp³-hybridized carbons (Fsp3) is 0.154. The normalized spacial score (nSPS) is 10.5. The lowest BCUT2D eigenvalue weighted by Gasteiger charge is -2.13. The number of nitrogen functional groups attached to an aromatic ring is 1. The number of aryl methyl sites for hydroxylation is 1. The maximum atomic E-state index is 7.66. The zero-order valence-corrected chi connectivity index (χ0v) is 13.4. The van der Waals surface area contributed by atoms with Gasteiger partial charge in [0.15, 0.2) is 0 Å². The third kappa shape index (κ3) is 3.20. The Morgan fingerprint density at radius 1 is 1.10 bits per heavy atom. The van der Waals surface area contributed by atoms with Crippen molar-refractivity contribution in [2.24, 2.45) is 5.73 Å². The molecule has 0 amide bonds. The Morgan fingerprint density at radius 2 is 1.71 bits per heavy atom. The van der Waals surface area contributed by atoms with Crippen LogP contribution >= 0.6 is 34.8 Å². The van der Waals surface area contributed by atoms with E-state index in [9.17, 15) is 0 Å². The van der Waals surface area contributed by atoms with Crippen molar-refractivity contribution in [2.45, 2.75) is 13.8 Å². The van der Waals surface area contributed by atoms with Gasteiger partial charge in [-0.05, 0) is 25.5 Å². The second-order valence-corrected chi connectivity index (χ2v) is 5.52. The maximum Gasteiger partial charge on any atom is 0.250 e. The summed E-state index contributed by atoms with van der Waals surface area (Å²) in [7, 11) is 0. The van der Waals surface area contributed by atoms with Crippen molar-refractivity contribution in [2.75, 3.05) is 0 Å². The molecule has 0 spiro atoms. The average molecular weight is 346 g/mol. The third-order valence-corrected chi connectivity index (χ3v) is 3.89. The summed E-state index contributed by atoms with van der Waals surface area (Å²) >= 11 is 17.9. The van der Waals surface area contributed by atoms with Crippen molar-refractivity contribution in [1.82, 2.24) is 10.2 Å². The van der Waals surface area contributed by atoms with E-state index < -0.39 is 0 Å². The van der Waals surface area contributed by atoms with Crippen LogP contribution < -0.4 is 10.5 Å². The van der Waals surface area contributed by atoms with Crippen LogP contribution in [0.3, 0.4) is 0 Å². The van der Waals surface area contributed by atoms with E-state index >= 15 is 0 Å². The van der Waals surface area contributed by atoms with Crippen LogP contribution in [0, 0.1) is 19.3 Å². The van der Waals surface area contributed by atoms with Gasteiger partial charge >= 0.3 is 0 Å². The highest BCUT2D eigenvalue weighted by Gasteiger charge is 2.17. The highest BCUT2D eigenvalue weighted by molar-refractivity contribution is 6.43.